The molecular weight excluding hydrogens is 312 g/mol. The summed E-state index contributed by atoms with van der Waals surface area (Å²) in [5.41, 5.74) is 5.00. The van der Waals surface area contributed by atoms with Crippen LogP contribution in [-0.2, 0) is 4.74 Å². The molecule has 4 nitrogen and oxygen atoms in total. The van der Waals surface area contributed by atoms with Gasteiger partial charge in [-0.2, -0.15) is 0 Å². The van der Waals surface area contributed by atoms with Crippen molar-refractivity contribution in [1.82, 2.24) is 10.2 Å². The number of benzene rings is 2. The second kappa shape index (κ2) is 6.52. The first-order valence-electron chi connectivity index (χ1n) is 9.00. The Morgan fingerprint density at radius 1 is 1.08 bits per heavy atom. The molecule has 1 saturated heterocycles. The van der Waals surface area contributed by atoms with Gasteiger partial charge >= 0.3 is 6.09 Å². The molecule has 1 fully saturated rings. The Kier molecular flexibility index (Phi) is 4.22. The van der Waals surface area contributed by atoms with Gasteiger partial charge in [-0.15, -0.1) is 0 Å². The highest BCUT2D eigenvalue weighted by Gasteiger charge is 2.31. The largest absolute Gasteiger partial charge is 0.448 e. The summed E-state index contributed by atoms with van der Waals surface area (Å²) in [6.07, 6.45) is -0.206. The van der Waals surface area contributed by atoms with Crippen LogP contribution in [0.2, 0.25) is 0 Å². The van der Waals surface area contributed by atoms with Gasteiger partial charge in [0.25, 0.3) is 0 Å². The van der Waals surface area contributed by atoms with Gasteiger partial charge in [-0.1, -0.05) is 48.5 Å². The predicted molar refractivity (Wildman–Crippen MR) is 98.7 cm³/mol. The Bertz CT molecular complexity index is 743. The van der Waals surface area contributed by atoms with Crippen molar-refractivity contribution in [2.75, 3.05) is 19.7 Å². The molecule has 1 heterocycles. The zero-order chi connectivity index (χ0) is 17.4. The summed E-state index contributed by atoms with van der Waals surface area (Å²) in [5, 5.41) is 3.39. The van der Waals surface area contributed by atoms with Gasteiger partial charge in [0.15, 0.2) is 0 Å². The van der Waals surface area contributed by atoms with Crippen molar-refractivity contribution in [3.8, 4) is 11.1 Å². The van der Waals surface area contributed by atoms with E-state index in [9.17, 15) is 4.79 Å². The molecule has 130 valence electrons. The highest BCUT2D eigenvalue weighted by atomic mass is 16.6. The zero-order valence-corrected chi connectivity index (χ0v) is 14.7. The molecule has 4 rings (SSSR count). The molecule has 1 N–H and O–H groups in total. The fourth-order valence-electron chi connectivity index (χ4n) is 3.95. The first-order valence-corrected chi connectivity index (χ1v) is 9.00. The van der Waals surface area contributed by atoms with Crippen LogP contribution in [0.25, 0.3) is 11.1 Å². The lowest BCUT2D eigenvalue weighted by Crippen LogP contribution is -2.56. The topological polar surface area (TPSA) is 41.6 Å². The molecule has 0 bridgehead atoms. The fourth-order valence-corrected chi connectivity index (χ4v) is 3.95. The monoisotopic (exact) mass is 336 g/mol. The summed E-state index contributed by atoms with van der Waals surface area (Å²) in [6.45, 7) is 6.04. The Morgan fingerprint density at radius 2 is 1.68 bits per heavy atom. The van der Waals surface area contributed by atoms with Gasteiger partial charge in [-0.05, 0) is 36.1 Å². The third kappa shape index (κ3) is 2.91. The van der Waals surface area contributed by atoms with Gasteiger partial charge in [-0.25, -0.2) is 4.79 Å². The second-order valence-electron chi connectivity index (χ2n) is 7.11. The van der Waals surface area contributed by atoms with Gasteiger partial charge in [0, 0.05) is 31.1 Å². The Balaban J connectivity index is 1.52. The number of ether oxygens (including phenoxy) is 1. The SMILES string of the molecule is C[C@@H]1CN(C(=O)OCC2c3ccccc3-c3ccccc32)[C@@H](C)CN1. The highest BCUT2D eigenvalue weighted by molar-refractivity contribution is 5.79. The van der Waals surface area contributed by atoms with E-state index in [0.29, 0.717) is 19.2 Å². The third-order valence-electron chi connectivity index (χ3n) is 5.33. The number of carbonyl (C=O) groups excluding carboxylic acids is 1. The van der Waals surface area contributed by atoms with Crippen molar-refractivity contribution in [3.05, 3.63) is 59.7 Å². The number of carbonyl (C=O) groups is 1. The lowest BCUT2D eigenvalue weighted by molar-refractivity contribution is 0.0717. The van der Waals surface area contributed by atoms with Crippen molar-refractivity contribution in [2.24, 2.45) is 0 Å². The van der Waals surface area contributed by atoms with Crippen molar-refractivity contribution in [2.45, 2.75) is 31.8 Å². The van der Waals surface area contributed by atoms with Crippen LogP contribution in [0.5, 0.6) is 0 Å². The van der Waals surface area contributed by atoms with Crippen molar-refractivity contribution in [1.29, 1.82) is 0 Å². The second-order valence-corrected chi connectivity index (χ2v) is 7.11. The van der Waals surface area contributed by atoms with E-state index in [2.05, 4.69) is 67.7 Å². The average Bonchev–Trinajstić information content (AvgIpc) is 2.96. The highest BCUT2D eigenvalue weighted by Crippen LogP contribution is 2.44. The normalized spacial score (nSPS) is 22.4. The first kappa shape index (κ1) is 16.2. The fraction of sp³-hybridized carbons (Fsp3) is 0.381. The van der Waals surface area contributed by atoms with Gasteiger partial charge < -0.3 is 15.0 Å². The number of hydrogen-bond donors (Lipinski definition) is 1. The van der Waals surface area contributed by atoms with Crippen molar-refractivity contribution < 1.29 is 9.53 Å². The minimum absolute atomic E-state index is 0.118. The van der Waals surface area contributed by atoms with Crippen LogP contribution in [0.4, 0.5) is 4.79 Å². The number of nitrogens with zero attached hydrogens (tertiary/aromatic N) is 1. The minimum atomic E-state index is -0.206. The molecule has 1 aliphatic heterocycles. The molecule has 2 aliphatic rings. The maximum Gasteiger partial charge on any atom is 0.410 e. The van der Waals surface area contributed by atoms with Crippen LogP contribution in [0.15, 0.2) is 48.5 Å². The molecule has 0 saturated carbocycles. The minimum Gasteiger partial charge on any atom is -0.448 e. The Labute approximate surface area is 148 Å². The molecular formula is C21H24N2O2. The summed E-state index contributed by atoms with van der Waals surface area (Å²) in [4.78, 5) is 14.5. The number of nitrogens with one attached hydrogen (secondary N) is 1. The van der Waals surface area contributed by atoms with Crippen LogP contribution in [0, 0.1) is 0 Å². The van der Waals surface area contributed by atoms with E-state index in [1.165, 1.54) is 22.3 Å². The molecule has 2 aromatic rings. The molecule has 0 spiro atoms. The van der Waals surface area contributed by atoms with Crippen LogP contribution in [0.3, 0.4) is 0 Å². The quantitative estimate of drug-likeness (QED) is 0.911. The maximum atomic E-state index is 12.6. The number of fused-ring (bicyclic) bond motifs is 3. The van der Waals surface area contributed by atoms with Crippen molar-refractivity contribution >= 4 is 6.09 Å². The smallest absolute Gasteiger partial charge is 0.410 e. The zero-order valence-electron chi connectivity index (χ0n) is 14.7. The van der Waals surface area contributed by atoms with Gasteiger partial charge in [0.05, 0.1) is 0 Å². The Hall–Kier alpha value is -2.33. The molecule has 0 radical (unpaired) electrons. The maximum absolute atomic E-state index is 12.6. The van der Waals surface area contributed by atoms with E-state index in [-0.39, 0.29) is 18.1 Å². The summed E-state index contributed by atoms with van der Waals surface area (Å²) in [7, 11) is 0. The van der Waals surface area contributed by atoms with Gasteiger partial charge in [0.2, 0.25) is 0 Å². The summed E-state index contributed by atoms with van der Waals surface area (Å²) in [6, 6.07) is 17.3. The van der Waals surface area contributed by atoms with Crippen LogP contribution < -0.4 is 5.32 Å². The van der Waals surface area contributed by atoms with E-state index >= 15 is 0 Å². The van der Waals surface area contributed by atoms with Crippen LogP contribution in [-0.4, -0.2) is 42.8 Å². The summed E-state index contributed by atoms with van der Waals surface area (Å²) < 4.78 is 5.76. The number of hydrogen-bond acceptors (Lipinski definition) is 3. The Morgan fingerprint density at radius 3 is 2.32 bits per heavy atom. The molecule has 2 aromatic carbocycles. The molecule has 4 heteroatoms. The molecule has 1 aliphatic carbocycles. The molecule has 1 amide bonds. The molecule has 2 atom stereocenters. The summed E-state index contributed by atoms with van der Waals surface area (Å²) in [5.74, 6) is 0.118. The van der Waals surface area contributed by atoms with Crippen LogP contribution in [0.1, 0.15) is 30.9 Å². The first-order chi connectivity index (χ1) is 12.1. The number of piperazine rings is 1. The predicted octanol–water partition coefficient (Wildman–Crippen LogP) is 3.62. The van der Waals surface area contributed by atoms with Gasteiger partial charge in [0.1, 0.15) is 6.61 Å². The van der Waals surface area contributed by atoms with E-state index in [4.69, 9.17) is 4.74 Å². The van der Waals surface area contributed by atoms with Crippen molar-refractivity contribution in [3.63, 3.8) is 0 Å². The molecule has 0 aromatic heterocycles. The number of rotatable bonds is 2. The number of amides is 1. The lowest BCUT2D eigenvalue weighted by atomic mass is 9.98. The van der Waals surface area contributed by atoms with E-state index < -0.39 is 0 Å². The van der Waals surface area contributed by atoms with E-state index in [1.807, 2.05) is 4.90 Å². The lowest BCUT2D eigenvalue weighted by Gasteiger charge is -2.36. The van der Waals surface area contributed by atoms with E-state index in [0.717, 1.165) is 6.54 Å². The van der Waals surface area contributed by atoms with E-state index in [1.54, 1.807) is 0 Å². The molecule has 25 heavy (non-hydrogen) atoms. The third-order valence-corrected chi connectivity index (χ3v) is 5.33. The van der Waals surface area contributed by atoms with Crippen LogP contribution >= 0.6 is 0 Å². The average molecular weight is 336 g/mol. The summed E-state index contributed by atoms with van der Waals surface area (Å²) >= 11 is 0. The molecule has 0 unspecified atom stereocenters. The van der Waals surface area contributed by atoms with Gasteiger partial charge in [-0.3, -0.25) is 0 Å². The standard InChI is InChI=1S/C21H24N2O2/c1-14-12-23(15(2)11-22-14)21(24)25-13-20-18-9-5-3-7-16(18)17-8-4-6-10-19(17)20/h3-10,14-15,20,22H,11-13H2,1-2H3/t14-,15+/m1/s1.